The van der Waals surface area contributed by atoms with E-state index in [0.29, 0.717) is 43.7 Å². The molecular weight excluding hydrogens is 296 g/mol. The molecule has 3 rings (SSSR count). The number of hydrogen-bond acceptors (Lipinski definition) is 5. The summed E-state index contributed by atoms with van der Waals surface area (Å²) in [6, 6.07) is 3.58. The predicted octanol–water partition coefficient (Wildman–Crippen LogP) is 0.696. The molecule has 0 unspecified atom stereocenters. The second-order valence-electron chi connectivity index (χ2n) is 6.37. The third kappa shape index (κ3) is 3.07. The molecule has 1 atom stereocenters. The van der Waals surface area contributed by atoms with Crippen molar-refractivity contribution in [3.05, 3.63) is 29.2 Å². The number of nitrogens with zero attached hydrogens (tertiary/aromatic N) is 4. The maximum atomic E-state index is 12.7. The SMILES string of the molecule is Cc1cc2nc(C(=O)N3CCC[C@@](O)(CO)CC3)cc(C)n2n1. The van der Waals surface area contributed by atoms with Crippen LogP contribution in [0.15, 0.2) is 12.1 Å². The number of aromatic nitrogens is 3. The molecule has 7 heteroatoms. The zero-order chi connectivity index (χ0) is 16.6. The molecule has 1 saturated heterocycles. The molecule has 0 aromatic carbocycles. The van der Waals surface area contributed by atoms with Crippen LogP contribution in [-0.4, -0.2) is 60.9 Å². The summed E-state index contributed by atoms with van der Waals surface area (Å²) in [4.78, 5) is 18.9. The van der Waals surface area contributed by atoms with Gasteiger partial charge in [-0.2, -0.15) is 5.10 Å². The lowest BCUT2D eigenvalue weighted by Crippen LogP contribution is -2.36. The van der Waals surface area contributed by atoms with Crippen molar-refractivity contribution in [1.29, 1.82) is 0 Å². The first kappa shape index (κ1) is 15.9. The monoisotopic (exact) mass is 318 g/mol. The Labute approximate surface area is 134 Å². The molecule has 0 radical (unpaired) electrons. The number of hydrogen-bond donors (Lipinski definition) is 2. The van der Waals surface area contributed by atoms with Crippen LogP contribution in [0, 0.1) is 13.8 Å². The van der Waals surface area contributed by atoms with Gasteiger partial charge in [0.25, 0.3) is 5.91 Å². The molecule has 0 spiro atoms. The Morgan fingerprint density at radius 3 is 2.83 bits per heavy atom. The highest BCUT2D eigenvalue weighted by atomic mass is 16.3. The van der Waals surface area contributed by atoms with E-state index in [1.807, 2.05) is 19.9 Å². The first-order valence-electron chi connectivity index (χ1n) is 7.88. The number of fused-ring (bicyclic) bond motifs is 1. The van der Waals surface area contributed by atoms with E-state index in [0.717, 1.165) is 11.4 Å². The van der Waals surface area contributed by atoms with Crippen molar-refractivity contribution < 1.29 is 15.0 Å². The number of carbonyl (C=O) groups excluding carboxylic acids is 1. The number of amides is 1. The minimum Gasteiger partial charge on any atom is -0.393 e. The van der Waals surface area contributed by atoms with E-state index in [4.69, 9.17) is 0 Å². The summed E-state index contributed by atoms with van der Waals surface area (Å²) >= 11 is 0. The number of aliphatic hydroxyl groups excluding tert-OH is 1. The molecule has 124 valence electrons. The van der Waals surface area contributed by atoms with Gasteiger partial charge in [0.05, 0.1) is 17.9 Å². The highest BCUT2D eigenvalue weighted by Gasteiger charge is 2.31. The standard InChI is InChI=1S/C16H22N4O3/c1-11-8-14-17-13(9-12(2)20(14)18-11)15(22)19-6-3-4-16(23,10-21)5-7-19/h8-9,21,23H,3-7,10H2,1-2H3/t16-/m0/s1. The fraction of sp³-hybridized carbons (Fsp3) is 0.562. The lowest BCUT2D eigenvalue weighted by Gasteiger charge is -2.24. The average Bonchev–Trinajstić information content (AvgIpc) is 2.79. The van der Waals surface area contributed by atoms with Crippen LogP contribution in [0.3, 0.4) is 0 Å². The molecule has 1 aliphatic rings. The maximum Gasteiger partial charge on any atom is 0.272 e. The van der Waals surface area contributed by atoms with Crippen LogP contribution >= 0.6 is 0 Å². The third-order valence-electron chi connectivity index (χ3n) is 4.45. The zero-order valence-electron chi connectivity index (χ0n) is 13.5. The number of likely N-dealkylation sites (tertiary alicyclic amines) is 1. The number of aliphatic hydroxyl groups is 2. The third-order valence-corrected chi connectivity index (χ3v) is 4.45. The van der Waals surface area contributed by atoms with Gasteiger partial charge in [-0.3, -0.25) is 4.79 Å². The van der Waals surface area contributed by atoms with E-state index in [9.17, 15) is 15.0 Å². The lowest BCUT2D eigenvalue weighted by atomic mass is 9.96. The van der Waals surface area contributed by atoms with Crippen LogP contribution < -0.4 is 0 Å². The van der Waals surface area contributed by atoms with E-state index in [1.165, 1.54) is 0 Å². The Kier molecular flexibility index (Phi) is 4.08. The van der Waals surface area contributed by atoms with Crippen LogP contribution in [0.1, 0.15) is 41.1 Å². The van der Waals surface area contributed by atoms with Crippen LogP contribution in [0.25, 0.3) is 5.65 Å². The number of carbonyl (C=O) groups is 1. The van der Waals surface area contributed by atoms with Gasteiger partial charge in [0.15, 0.2) is 5.65 Å². The molecule has 2 aromatic heterocycles. The Balaban J connectivity index is 1.85. The predicted molar refractivity (Wildman–Crippen MR) is 84.3 cm³/mol. The van der Waals surface area contributed by atoms with E-state index in [-0.39, 0.29) is 12.5 Å². The summed E-state index contributed by atoms with van der Waals surface area (Å²) in [5.41, 5.74) is 1.68. The fourth-order valence-corrected chi connectivity index (χ4v) is 3.05. The summed E-state index contributed by atoms with van der Waals surface area (Å²) in [6.45, 7) is 4.49. The first-order chi connectivity index (χ1) is 10.9. The molecular formula is C16H22N4O3. The molecule has 2 N–H and O–H groups in total. The van der Waals surface area contributed by atoms with Crippen molar-refractivity contribution in [2.75, 3.05) is 19.7 Å². The molecule has 1 aliphatic heterocycles. The Bertz CT molecular complexity index is 742. The molecule has 3 heterocycles. The second-order valence-corrected chi connectivity index (χ2v) is 6.37. The highest BCUT2D eigenvalue weighted by Crippen LogP contribution is 2.22. The lowest BCUT2D eigenvalue weighted by molar-refractivity contribution is -0.0250. The van der Waals surface area contributed by atoms with Crippen molar-refractivity contribution in [3.8, 4) is 0 Å². The van der Waals surface area contributed by atoms with Gasteiger partial charge in [-0.25, -0.2) is 9.50 Å². The van der Waals surface area contributed by atoms with E-state index >= 15 is 0 Å². The molecule has 1 amide bonds. The smallest absolute Gasteiger partial charge is 0.272 e. The van der Waals surface area contributed by atoms with Gasteiger partial charge >= 0.3 is 0 Å². The van der Waals surface area contributed by atoms with Crippen molar-refractivity contribution >= 4 is 11.6 Å². The summed E-state index contributed by atoms with van der Waals surface area (Å²) < 4.78 is 1.72. The normalized spacial score (nSPS) is 22.3. The topological polar surface area (TPSA) is 91.0 Å². The minimum absolute atomic E-state index is 0.142. The number of aryl methyl sites for hydroxylation is 2. The molecule has 0 bridgehead atoms. The molecule has 23 heavy (non-hydrogen) atoms. The Morgan fingerprint density at radius 1 is 1.30 bits per heavy atom. The van der Waals surface area contributed by atoms with Gasteiger partial charge in [-0.15, -0.1) is 0 Å². The Hall–Kier alpha value is -1.99. The second kappa shape index (κ2) is 5.90. The van der Waals surface area contributed by atoms with Gasteiger partial charge in [0.1, 0.15) is 5.69 Å². The van der Waals surface area contributed by atoms with Crippen LogP contribution in [0.2, 0.25) is 0 Å². The highest BCUT2D eigenvalue weighted by molar-refractivity contribution is 5.93. The van der Waals surface area contributed by atoms with E-state index in [1.54, 1.807) is 15.5 Å². The van der Waals surface area contributed by atoms with Crippen LogP contribution in [-0.2, 0) is 0 Å². The summed E-state index contributed by atoms with van der Waals surface area (Å²) in [6.07, 6.45) is 1.54. The molecule has 2 aromatic rings. The van der Waals surface area contributed by atoms with Gasteiger partial charge in [0.2, 0.25) is 0 Å². The Morgan fingerprint density at radius 2 is 2.09 bits per heavy atom. The molecule has 0 aliphatic carbocycles. The molecule has 7 nitrogen and oxygen atoms in total. The quantitative estimate of drug-likeness (QED) is 0.850. The van der Waals surface area contributed by atoms with Crippen LogP contribution in [0.5, 0.6) is 0 Å². The summed E-state index contributed by atoms with van der Waals surface area (Å²) in [7, 11) is 0. The van der Waals surface area contributed by atoms with Crippen LogP contribution in [0.4, 0.5) is 0 Å². The molecule has 1 fully saturated rings. The van der Waals surface area contributed by atoms with Gasteiger partial charge in [-0.05, 0) is 39.2 Å². The van der Waals surface area contributed by atoms with Gasteiger partial charge in [0, 0.05) is 24.8 Å². The van der Waals surface area contributed by atoms with E-state index < -0.39 is 5.60 Å². The van der Waals surface area contributed by atoms with Crippen molar-refractivity contribution in [2.45, 2.75) is 38.7 Å². The fourth-order valence-electron chi connectivity index (χ4n) is 3.05. The largest absolute Gasteiger partial charge is 0.393 e. The van der Waals surface area contributed by atoms with Crippen molar-refractivity contribution in [3.63, 3.8) is 0 Å². The maximum absolute atomic E-state index is 12.7. The average molecular weight is 318 g/mol. The summed E-state index contributed by atoms with van der Waals surface area (Å²) in [5.74, 6) is -0.142. The van der Waals surface area contributed by atoms with Crippen molar-refractivity contribution in [1.82, 2.24) is 19.5 Å². The van der Waals surface area contributed by atoms with Gasteiger partial charge in [-0.1, -0.05) is 0 Å². The summed E-state index contributed by atoms with van der Waals surface area (Å²) in [5, 5.41) is 23.8. The minimum atomic E-state index is -1.08. The van der Waals surface area contributed by atoms with Gasteiger partial charge < -0.3 is 15.1 Å². The van der Waals surface area contributed by atoms with Crippen molar-refractivity contribution in [2.24, 2.45) is 0 Å². The van der Waals surface area contributed by atoms with E-state index in [2.05, 4.69) is 10.1 Å². The number of rotatable bonds is 2. The zero-order valence-corrected chi connectivity index (χ0v) is 13.5. The first-order valence-corrected chi connectivity index (χ1v) is 7.88. The molecule has 0 saturated carbocycles.